The number of hydrogen-bond acceptors (Lipinski definition) is 16. The Balaban J connectivity index is 0.000000146. The zero-order chi connectivity index (χ0) is 67.7. The average Bonchev–Trinajstić information content (AvgIpc) is 1.68. The fraction of sp³-hybridized carbons (Fsp3) is 0.459. The maximum absolute atomic E-state index is 7.65. The minimum Gasteiger partial charge on any atom is -0.359 e. The lowest BCUT2D eigenvalue weighted by Crippen LogP contribution is -2.41. The van der Waals surface area contributed by atoms with Gasteiger partial charge in [0.1, 0.15) is 49.3 Å². The van der Waals surface area contributed by atoms with E-state index in [9.17, 15) is 0 Å². The predicted molar refractivity (Wildman–Crippen MR) is 383 cm³/mol. The highest BCUT2D eigenvalue weighted by atomic mass is 15.4. The molecule has 4 aromatic carbocycles. The Morgan fingerprint density at radius 1 is 0.300 bits per heavy atom. The first-order valence-corrected chi connectivity index (χ1v) is 32.8. The highest BCUT2D eigenvalue weighted by molar-refractivity contribution is 5.74. The lowest BCUT2D eigenvalue weighted by molar-refractivity contribution is 0.263. The molecule has 0 saturated carbocycles. The normalized spacial score (nSPS) is 24.5. The van der Waals surface area contributed by atoms with Gasteiger partial charge in [0.15, 0.2) is 0 Å². The maximum Gasteiger partial charge on any atom is 0.103 e. The van der Waals surface area contributed by atoms with Crippen molar-refractivity contribution in [2.75, 3.05) is 80.4 Å². The summed E-state index contributed by atoms with van der Waals surface area (Å²) >= 11 is 0. The van der Waals surface area contributed by atoms with E-state index in [4.69, 9.17) is 4.11 Å². The highest BCUT2D eigenvalue weighted by Crippen LogP contribution is 2.41. The molecule has 0 radical (unpaired) electrons. The van der Waals surface area contributed by atoms with Gasteiger partial charge in [-0.2, -0.15) is 0 Å². The van der Waals surface area contributed by atoms with E-state index in [0.717, 1.165) is 30.0 Å². The third-order valence-electron chi connectivity index (χ3n) is 19.9. The summed E-state index contributed by atoms with van der Waals surface area (Å²) in [6.45, 7) is 39.6. The van der Waals surface area contributed by atoms with Crippen molar-refractivity contribution in [2.24, 2.45) is 0 Å². The summed E-state index contributed by atoms with van der Waals surface area (Å²) in [6.07, 6.45) is 35.9. The number of hydrogen-bond donors (Lipinski definition) is 0. The fourth-order valence-corrected chi connectivity index (χ4v) is 13.5. The van der Waals surface area contributed by atoms with Crippen molar-refractivity contribution in [3.8, 4) is 0 Å². The molecule has 0 amide bonds. The van der Waals surface area contributed by atoms with Crippen LogP contribution >= 0.6 is 0 Å². The SMILES string of the molecule is CCN1C=CN(c2cccc(N3C=CN(CC)[C@@H]3C)c2C)[C@@H]1C.Cc1c(N2C=CN(C(C)C)[C@@H]2C)cccc1N1C=CN(C(C)C)[C@H]1C.Cc1c(N2C=CN(C)[C@H]2C)cccc1N1C=CN(C)[C@@H]1C.[2H]C([2H])([2H])N1C=CN(c2cccc(N3C=CN(C)[C@H]3C)c2C)[C@H]1C. The Labute approximate surface area is 547 Å². The Morgan fingerprint density at radius 3 is 0.711 bits per heavy atom. The van der Waals surface area contributed by atoms with Gasteiger partial charge in [-0.1, -0.05) is 24.3 Å². The Bertz CT molecular complexity index is 3330. The maximum atomic E-state index is 7.65. The molecular formula is C74H108N16. The van der Waals surface area contributed by atoms with E-state index in [1.54, 1.807) is 6.20 Å². The van der Waals surface area contributed by atoms with Crippen LogP contribution in [0.2, 0.25) is 0 Å². The number of benzene rings is 4. The van der Waals surface area contributed by atoms with Crippen LogP contribution in [0.1, 0.15) is 123 Å². The highest BCUT2D eigenvalue weighted by Gasteiger charge is 2.33. The predicted octanol–water partition coefficient (Wildman–Crippen LogP) is 14.9. The summed E-state index contributed by atoms with van der Waals surface area (Å²) < 4.78 is 23.0. The van der Waals surface area contributed by atoms with Crippen molar-refractivity contribution in [3.05, 3.63) is 194 Å². The smallest absolute Gasteiger partial charge is 0.103 e. The van der Waals surface area contributed by atoms with Crippen LogP contribution < -0.4 is 39.2 Å². The number of nitrogens with zero attached hydrogens (tertiary/aromatic N) is 16. The fourth-order valence-electron chi connectivity index (χ4n) is 13.5. The summed E-state index contributed by atoms with van der Waals surface area (Å²) in [5.74, 6) is 0. The third-order valence-corrected chi connectivity index (χ3v) is 19.9. The zero-order valence-electron chi connectivity index (χ0n) is 61.0. The number of rotatable bonds is 12. The van der Waals surface area contributed by atoms with E-state index >= 15 is 0 Å². The lowest BCUT2D eigenvalue weighted by atomic mass is 10.1. The molecule has 8 aliphatic heterocycles. The summed E-state index contributed by atoms with van der Waals surface area (Å²) in [5.41, 5.74) is 15.0. The van der Waals surface area contributed by atoms with Gasteiger partial charge in [-0.15, -0.1) is 0 Å². The van der Waals surface area contributed by atoms with E-state index in [-0.39, 0.29) is 12.3 Å². The van der Waals surface area contributed by atoms with Crippen LogP contribution in [-0.4, -0.2) is 142 Å². The standard InChI is InChI=1S/C21H32N4.C19H28N4.2C17H24N4/c1-15(2)22-11-13-24(18(22)6)20-9-8-10-21(17(20)5)25-14-12-23(16(3)4)19(25)7;1-6-20-11-13-22(16(20)4)18-9-8-10-19(15(18)3)23-14-12-21(7-2)17(23)5;2*1-13-16(20-11-9-18(4)14(20)2)7-6-8-17(13)21-12-10-19(5)15(21)3/h8-16,18-19H,1-7H3;8-14,16-17H,6-7H2,1-5H3;2*6-12,14-15H,1-5H3/t18-,19+;16-,17+;2*14-,15+/i;;4D3;/m..0./s1. The van der Waals surface area contributed by atoms with Crippen LogP contribution in [0.3, 0.4) is 0 Å². The van der Waals surface area contributed by atoms with Gasteiger partial charge >= 0.3 is 0 Å². The Hall–Kier alpha value is -8.40. The molecule has 8 atom stereocenters. The van der Waals surface area contributed by atoms with Crippen LogP contribution in [0.25, 0.3) is 0 Å². The second-order valence-corrected chi connectivity index (χ2v) is 25.5. The molecule has 0 bridgehead atoms. The third kappa shape index (κ3) is 12.9. The van der Waals surface area contributed by atoms with Gasteiger partial charge in [0, 0.05) is 202 Å². The monoisotopic (exact) mass is 1220 g/mol. The Morgan fingerprint density at radius 2 is 0.511 bits per heavy atom. The first kappa shape index (κ1) is 61.8. The van der Waals surface area contributed by atoms with Gasteiger partial charge in [-0.25, -0.2) is 0 Å². The molecule has 16 nitrogen and oxygen atoms in total. The van der Waals surface area contributed by atoms with Crippen LogP contribution in [0.15, 0.2) is 172 Å². The summed E-state index contributed by atoms with van der Waals surface area (Å²) in [4.78, 5) is 35.9. The Kier molecular flexibility index (Phi) is 19.1. The molecule has 0 aromatic heterocycles. The molecule has 0 saturated heterocycles. The minimum atomic E-state index is -2.13. The summed E-state index contributed by atoms with van der Waals surface area (Å²) in [7, 11) is 6.28. The van der Waals surface area contributed by atoms with Crippen LogP contribution in [-0.2, 0) is 0 Å². The van der Waals surface area contributed by atoms with Crippen LogP contribution in [0.4, 0.5) is 45.5 Å². The van der Waals surface area contributed by atoms with Crippen molar-refractivity contribution in [1.29, 1.82) is 0 Å². The molecule has 8 heterocycles. The van der Waals surface area contributed by atoms with E-state index in [2.05, 4.69) is 355 Å². The van der Waals surface area contributed by atoms with Gasteiger partial charge in [0.05, 0.1) is 0 Å². The minimum absolute atomic E-state index is 0.249. The van der Waals surface area contributed by atoms with E-state index in [1.807, 2.05) is 30.2 Å². The molecule has 484 valence electrons. The topological polar surface area (TPSA) is 51.8 Å². The summed E-state index contributed by atoms with van der Waals surface area (Å²) in [5, 5.41) is 0. The van der Waals surface area contributed by atoms with Crippen molar-refractivity contribution < 1.29 is 4.11 Å². The zero-order valence-corrected chi connectivity index (χ0v) is 58.0. The first-order chi connectivity index (χ1) is 44.1. The van der Waals surface area contributed by atoms with Gasteiger partial charge in [-0.3, -0.25) is 0 Å². The second kappa shape index (κ2) is 27.8. The van der Waals surface area contributed by atoms with Crippen molar-refractivity contribution in [3.63, 3.8) is 0 Å². The first-order valence-electron chi connectivity index (χ1n) is 34.3. The largest absolute Gasteiger partial charge is 0.359 e. The molecule has 0 aliphatic carbocycles. The van der Waals surface area contributed by atoms with Crippen molar-refractivity contribution >= 4 is 45.5 Å². The summed E-state index contributed by atoms with van der Waals surface area (Å²) in [6, 6.07) is 27.0. The van der Waals surface area contributed by atoms with Crippen LogP contribution in [0, 0.1) is 27.7 Å². The average molecular weight is 1220 g/mol. The van der Waals surface area contributed by atoms with Gasteiger partial charge in [-0.05, 0) is 195 Å². The molecule has 8 aliphatic rings. The van der Waals surface area contributed by atoms with Gasteiger partial charge < -0.3 is 78.4 Å². The van der Waals surface area contributed by atoms with Crippen LogP contribution in [0.5, 0.6) is 0 Å². The molecule has 4 aromatic rings. The van der Waals surface area contributed by atoms with E-state index in [1.165, 1.54) is 55.7 Å². The lowest BCUT2D eigenvalue weighted by Gasteiger charge is -2.36. The van der Waals surface area contributed by atoms with Crippen molar-refractivity contribution in [2.45, 2.75) is 186 Å². The molecule has 90 heavy (non-hydrogen) atoms. The number of anilines is 8. The molecule has 0 unspecified atom stereocenters. The van der Waals surface area contributed by atoms with E-state index < -0.39 is 6.98 Å². The second-order valence-electron chi connectivity index (χ2n) is 25.5. The van der Waals surface area contributed by atoms with E-state index in [0.29, 0.717) is 49.1 Å². The van der Waals surface area contributed by atoms with Gasteiger partial charge in [0.25, 0.3) is 0 Å². The quantitative estimate of drug-likeness (QED) is 0.135. The van der Waals surface area contributed by atoms with Gasteiger partial charge in [0.2, 0.25) is 0 Å². The molecule has 12 rings (SSSR count). The molecule has 16 heteroatoms. The molecule has 0 spiro atoms. The molecule has 0 N–H and O–H groups in total. The molecular weight excluding hydrogens is 1110 g/mol. The molecule has 0 fully saturated rings. The van der Waals surface area contributed by atoms with Crippen molar-refractivity contribution in [1.82, 2.24) is 39.2 Å².